The fourth-order valence-electron chi connectivity index (χ4n) is 11.3. The first kappa shape index (κ1) is 36.4. The number of carbonyl (C=O) groups excluding carboxylic acids is 1. The molecule has 290 valence electrons. The SMILES string of the molecule is C=C1C[C@@H]2CC[C@@]34C[C@@H]5O[C@H]6[C@@H](O3)[C@H]3O[C@H](CC[C@@H]3O[C@@H]6[C@@H]5O4)CC(=O)C[C@@H]3[C@@H](OC)[C@@H](C[C@H](O)CN)O[C@H]3C[C@H]3O[C@@H](CC[C@@H]1O2)C[C@@H](C)C3=C. The van der Waals surface area contributed by atoms with Crippen LogP contribution in [0.4, 0.5) is 0 Å². The molecule has 10 saturated heterocycles. The van der Waals surface area contributed by atoms with E-state index in [1.807, 2.05) is 0 Å². The second-order valence-electron chi connectivity index (χ2n) is 17.4. The van der Waals surface area contributed by atoms with E-state index in [0.717, 1.165) is 56.1 Å². The lowest BCUT2D eigenvalue weighted by molar-refractivity contribution is -0.292. The van der Waals surface area contributed by atoms with Crippen LogP contribution in [0, 0.1) is 11.8 Å². The molecule has 0 radical (unpaired) electrons. The molecule has 10 aliphatic heterocycles. The number of Topliss-reactive ketones (excluding diaryl/α,β-unsaturated/α-hetero) is 1. The molecule has 0 unspecified atom stereocenters. The molecule has 0 aromatic rings. The topological polar surface area (TPSA) is 146 Å². The molecule has 10 rings (SSSR count). The Kier molecular flexibility index (Phi) is 10.0. The largest absolute Gasteiger partial charge is 0.392 e. The molecule has 0 aliphatic carbocycles. The van der Waals surface area contributed by atoms with Crippen LogP contribution in [0.5, 0.6) is 0 Å². The minimum atomic E-state index is -0.780. The third-order valence-electron chi connectivity index (χ3n) is 14.0. The molecular formula is C40H59NO11. The zero-order valence-corrected chi connectivity index (χ0v) is 30.8. The van der Waals surface area contributed by atoms with Gasteiger partial charge in [0.05, 0.1) is 67.1 Å². The first-order valence-electron chi connectivity index (χ1n) is 20.2. The summed E-state index contributed by atoms with van der Waals surface area (Å²) in [5, 5.41) is 10.5. The highest BCUT2D eigenvalue weighted by molar-refractivity contribution is 5.79. The van der Waals surface area contributed by atoms with Crippen LogP contribution < -0.4 is 5.73 Å². The fourth-order valence-corrected chi connectivity index (χ4v) is 11.3. The Hall–Kier alpha value is -1.29. The van der Waals surface area contributed by atoms with Gasteiger partial charge in [0.2, 0.25) is 0 Å². The Morgan fingerprint density at radius 3 is 2.38 bits per heavy atom. The first-order valence-corrected chi connectivity index (χ1v) is 20.2. The Bertz CT molecular complexity index is 1380. The molecule has 10 heterocycles. The molecule has 12 bridgehead atoms. The average Bonchev–Trinajstić information content (AvgIpc) is 3.79. The molecule has 19 atom stereocenters. The first-order chi connectivity index (χ1) is 25.1. The molecule has 0 amide bonds. The Balaban J connectivity index is 0.994. The van der Waals surface area contributed by atoms with E-state index in [2.05, 4.69) is 20.1 Å². The van der Waals surface area contributed by atoms with Crippen molar-refractivity contribution in [3.8, 4) is 0 Å². The maximum absolute atomic E-state index is 14.1. The molecule has 0 aromatic carbocycles. The van der Waals surface area contributed by atoms with Gasteiger partial charge in [-0.15, -0.1) is 0 Å². The normalized spacial score (nSPS) is 52.4. The highest BCUT2D eigenvalue weighted by atomic mass is 16.8. The molecule has 10 fully saturated rings. The Labute approximate surface area is 307 Å². The molecule has 0 saturated carbocycles. The molecule has 10 aliphatic rings. The van der Waals surface area contributed by atoms with Crippen molar-refractivity contribution in [2.45, 2.75) is 194 Å². The van der Waals surface area contributed by atoms with E-state index in [0.29, 0.717) is 25.7 Å². The van der Waals surface area contributed by atoms with E-state index >= 15 is 0 Å². The molecule has 3 N–H and O–H groups in total. The average molecular weight is 730 g/mol. The number of aliphatic hydroxyl groups excluding tert-OH is 1. The lowest BCUT2D eigenvalue weighted by Crippen LogP contribution is -2.61. The van der Waals surface area contributed by atoms with Gasteiger partial charge in [0.1, 0.15) is 36.3 Å². The number of rotatable bonds is 4. The van der Waals surface area contributed by atoms with Crippen LogP contribution in [0.1, 0.15) is 90.4 Å². The third-order valence-corrected chi connectivity index (χ3v) is 14.0. The number of hydrogen-bond donors (Lipinski definition) is 2. The van der Waals surface area contributed by atoms with Crippen molar-refractivity contribution in [3.63, 3.8) is 0 Å². The quantitative estimate of drug-likeness (QED) is 0.409. The van der Waals surface area contributed by atoms with E-state index in [9.17, 15) is 9.90 Å². The van der Waals surface area contributed by atoms with Crippen LogP contribution in [-0.4, -0.2) is 128 Å². The van der Waals surface area contributed by atoms with Gasteiger partial charge in [-0.25, -0.2) is 0 Å². The lowest BCUT2D eigenvalue weighted by Gasteiger charge is -2.47. The monoisotopic (exact) mass is 729 g/mol. The number of hydrogen-bond acceptors (Lipinski definition) is 12. The summed E-state index contributed by atoms with van der Waals surface area (Å²) in [4.78, 5) is 14.1. The lowest BCUT2D eigenvalue weighted by atomic mass is 9.81. The number of carbonyl (C=O) groups is 1. The van der Waals surface area contributed by atoms with Crippen LogP contribution in [0.2, 0.25) is 0 Å². The van der Waals surface area contributed by atoms with Crippen LogP contribution >= 0.6 is 0 Å². The van der Waals surface area contributed by atoms with E-state index in [1.54, 1.807) is 7.11 Å². The van der Waals surface area contributed by atoms with E-state index in [4.69, 9.17) is 48.4 Å². The fraction of sp³-hybridized carbons (Fsp3) is 0.875. The maximum atomic E-state index is 14.1. The summed E-state index contributed by atoms with van der Waals surface area (Å²) in [6.45, 7) is 11.3. The van der Waals surface area contributed by atoms with Crippen LogP contribution in [0.3, 0.4) is 0 Å². The summed E-state index contributed by atoms with van der Waals surface area (Å²) in [5.41, 5.74) is 8.01. The smallest absolute Gasteiger partial charge is 0.172 e. The predicted octanol–water partition coefficient (Wildman–Crippen LogP) is 3.44. The highest BCUT2D eigenvalue weighted by Crippen LogP contribution is 2.54. The summed E-state index contributed by atoms with van der Waals surface area (Å²) in [6, 6.07) is 0. The number of fused-ring (bicyclic) bond motifs is 6. The maximum Gasteiger partial charge on any atom is 0.172 e. The van der Waals surface area contributed by atoms with Gasteiger partial charge >= 0.3 is 0 Å². The Morgan fingerprint density at radius 1 is 0.808 bits per heavy atom. The van der Waals surface area contributed by atoms with Gasteiger partial charge in [-0.3, -0.25) is 4.79 Å². The van der Waals surface area contributed by atoms with E-state index in [1.165, 1.54) is 0 Å². The van der Waals surface area contributed by atoms with Gasteiger partial charge in [0.15, 0.2) is 5.79 Å². The van der Waals surface area contributed by atoms with Gasteiger partial charge in [-0.05, 0) is 62.0 Å². The van der Waals surface area contributed by atoms with Gasteiger partial charge in [-0.2, -0.15) is 0 Å². The summed E-state index contributed by atoms with van der Waals surface area (Å²) in [5.74, 6) is -0.619. The van der Waals surface area contributed by atoms with Crippen molar-refractivity contribution >= 4 is 5.78 Å². The van der Waals surface area contributed by atoms with Crippen LogP contribution in [0.25, 0.3) is 0 Å². The van der Waals surface area contributed by atoms with Crippen molar-refractivity contribution in [1.82, 2.24) is 0 Å². The summed E-state index contributed by atoms with van der Waals surface area (Å²) in [6.07, 6.45) is 4.85. The van der Waals surface area contributed by atoms with Crippen molar-refractivity contribution in [2.24, 2.45) is 17.6 Å². The van der Waals surface area contributed by atoms with Crippen molar-refractivity contribution in [2.75, 3.05) is 13.7 Å². The Morgan fingerprint density at radius 2 is 1.56 bits per heavy atom. The zero-order chi connectivity index (χ0) is 35.9. The van der Waals surface area contributed by atoms with Gasteiger partial charge in [-0.1, -0.05) is 20.1 Å². The minimum Gasteiger partial charge on any atom is -0.392 e. The molecule has 0 aromatic heterocycles. The molecular weight excluding hydrogens is 670 g/mol. The van der Waals surface area contributed by atoms with Crippen molar-refractivity contribution in [3.05, 3.63) is 24.3 Å². The summed E-state index contributed by atoms with van der Waals surface area (Å²) in [7, 11) is 1.66. The number of ether oxygens (including phenoxy) is 9. The number of ketones is 1. The van der Waals surface area contributed by atoms with Crippen LogP contribution in [-0.2, 0) is 47.4 Å². The number of nitrogens with two attached hydrogens (primary N) is 1. The van der Waals surface area contributed by atoms with Gasteiger partial charge < -0.3 is 53.5 Å². The predicted molar refractivity (Wildman–Crippen MR) is 186 cm³/mol. The van der Waals surface area contributed by atoms with E-state index in [-0.39, 0.29) is 122 Å². The standard InChI is InChI=1S/C40H59NO11/c1-19-11-24-5-7-28-20(2)12-26(45-28)9-10-40-17-33-36(51-40)37-38(50-33)39(52-40)35-29(49-37)8-6-25(47-35)13-22(42)14-27-31(16-30(46-24)21(19)3)48-32(34(27)44-4)15-23(43)18-41/h19,23-39,43H,2-3,5-18,41H2,1,4H3/t19-,23+,24+,25-,26+,27+,28+,29+,30-,31+,32-,33+,34-,35+,36-,37-,38-,39+,40+/m1/s1. The number of methoxy groups -OCH3 is 1. The van der Waals surface area contributed by atoms with Gasteiger partial charge in [0, 0.05) is 58.1 Å². The van der Waals surface area contributed by atoms with E-state index < -0.39 is 18.0 Å². The zero-order valence-electron chi connectivity index (χ0n) is 30.8. The molecule has 52 heavy (non-hydrogen) atoms. The summed E-state index contributed by atoms with van der Waals surface area (Å²) >= 11 is 0. The van der Waals surface area contributed by atoms with Crippen LogP contribution in [0.15, 0.2) is 24.3 Å². The molecule has 12 nitrogen and oxygen atoms in total. The van der Waals surface area contributed by atoms with Gasteiger partial charge in [0.25, 0.3) is 0 Å². The molecule has 12 heteroatoms. The van der Waals surface area contributed by atoms with Crippen molar-refractivity contribution in [1.29, 1.82) is 0 Å². The minimum absolute atomic E-state index is 0.0158. The summed E-state index contributed by atoms with van der Waals surface area (Å²) < 4.78 is 60.0. The highest BCUT2D eigenvalue weighted by Gasteiger charge is 2.68. The van der Waals surface area contributed by atoms with Crippen molar-refractivity contribution < 1.29 is 52.5 Å². The number of aliphatic hydroxyl groups is 1. The second-order valence-corrected chi connectivity index (χ2v) is 17.4. The third kappa shape index (κ3) is 6.59. The molecule has 1 spiro atoms. The second kappa shape index (κ2) is 14.3.